The number of piperidine rings is 1. The monoisotopic (exact) mass is 394 g/mol. The van der Waals surface area contributed by atoms with Crippen LogP contribution in [0.25, 0.3) is 0 Å². The van der Waals surface area contributed by atoms with Crippen molar-refractivity contribution in [1.82, 2.24) is 4.90 Å². The van der Waals surface area contributed by atoms with Crippen LogP contribution in [-0.4, -0.2) is 35.8 Å². The lowest BCUT2D eigenvalue weighted by molar-refractivity contribution is -0.142. The number of hydrogen-bond donors (Lipinski definition) is 1. The van der Waals surface area contributed by atoms with Crippen LogP contribution in [0.5, 0.6) is 0 Å². The molecule has 29 heavy (non-hydrogen) atoms. The third kappa shape index (κ3) is 5.02. The number of ether oxygens (including phenoxy) is 1. The van der Waals surface area contributed by atoms with Crippen molar-refractivity contribution in [1.29, 1.82) is 0 Å². The summed E-state index contributed by atoms with van der Waals surface area (Å²) >= 11 is 0. The summed E-state index contributed by atoms with van der Waals surface area (Å²) in [5.41, 5.74) is 2.01. The Morgan fingerprint density at radius 2 is 1.66 bits per heavy atom. The molecule has 0 saturated carbocycles. The topological polar surface area (TPSA) is 75.7 Å². The van der Waals surface area contributed by atoms with E-state index >= 15 is 0 Å². The maximum Gasteiger partial charge on any atom is 0.341 e. The van der Waals surface area contributed by atoms with Crippen LogP contribution in [0.2, 0.25) is 0 Å². The normalized spacial score (nSPS) is 14.8. The average Bonchev–Trinajstić information content (AvgIpc) is 2.74. The molecule has 2 aromatic carbocycles. The second-order valence-corrected chi connectivity index (χ2v) is 7.26. The first-order chi connectivity index (χ1) is 14.0. The number of nitrogens with zero attached hydrogens (tertiary/aromatic N) is 1. The number of anilines is 1. The van der Waals surface area contributed by atoms with E-state index in [1.54, 1.807) is 42.2 Å². The maximum atomic E-state index is 13.2. The van der Waals surface area contributed by atoms with Gasteiger partial charge < -0.3 is 15.0 Å². The zero-order chi connectivity index (χ0) is 20.8. The van der Waals surface area contributed by atoms with Gasteiger partial charge in [0.15, 0.2) is 0 Å². The minimum absolute atomic E-state index is 0.210. The molecule has 6 heteroatoms. The van der Waals surface area contributed by atoms with Gasteiger partial charge in [-0.2, -0.15) is 0 Å². The summed E-state index contributed by atoms with van der Waals surface area (Å²) in [6, 6.07) is 14.2. The van der Waals surface area contributed by atoms with Gasteiger partial charge in [0, 0.05) is 25.6 Å². The van der Waals surface area contributed by atoms with E-state index < -0.39 is 12.1 Å². The molecule has 1 N–H and O–H groups in total. The quantitative estimate of drug-likeness (QED) is 0.782. The predicted octanol–water partition coefficient (Wildman–Crippen LogP) is 3.86. The summed E-state index contributed by atoms with van der Waals surface area (Å²) in [7, 11) is 0. The number of likely N-dealkylation sites (tertiary alicyclic amines) is 1. The van der Waals surface area contributed by atoms with E-state index in [1.165, 1.54) is 6.92 Å². The number of rotatable bonds is 5. The summed E-state index contributed by atoms with van der Waals surface area (Å²) in [6.07, 6.45) is 1.98. The number of carbonyl (C=O) groups excluding carboxylic acids is 3. The Balaban J connectivity index is 1.90. The number of benzene rings is 2. The van der Waals surface area contributed by atoms with E-state index in [2.05, 4.69) is 5.32 Å². The highest BCUT2D eigenvalue weighted by atomic mass is 16.5. The van der Waals surface area contributed by atoms with Gasteiger partial charge in [0.2, 0.25) is 12.0 Å². The standard InChI is InChI=1S/C23H26N2O4/c1-16-10-9-13-19(20(16)24-17(2)26)23(28)29-21(18-11-5-3-6-12-18)22(27)25-14-7-4-8-15-25/h3,5-6,9-13,21H,4,7-8,14-15H2,1-2H3,(H,24,26)/t21-/m0/s1. The fourth-order valence-corrected chi connectivity index (χ4v) is 3.52. The van der Waals surface area contributed by atoms with Crippen LogP contribution in [-0.2, 0) is 14.3 Å². The lowest BCUT2D eigenvalue weighted by Crippen LogP contribution is -2.40. The third-order valence-corrected chi connectivity index (χ3v) is 5.01. The van der Waals surface area contributed by atoms with Gasteiger partial charge in [-0.3, -0.25) is 9.59 Å². The molecule has 1 heterocycles. The highest BCUT2D eigenvalue weighted by Crippen LogP contribution is 2.27. The van der Waals surface area contributed by atoms with Crippen LogP contribution in [0.3, 0.4) is 0 Å². The van der Waals surface area contributed by atoms with Gasteiger partial charge in [0.05, 0.1) is 11.3 Å². The molecule has 0 unspecified atom stereocenters. The highest BCUT2D eigenvalue weighted by Gasteiger charge is 2.31. The summed E-state index contributed by atoms with van der Waals surface area (Å²) < 4.78 is 5.73. The van der Waals surface area contributed by atoms with Crippen molar-refractivity contribution < 1.29 is 19.1 Å². The van der Waals surface area contributed by atoms with Crippen LogP contribution >= 0.6 is 0 Å². The summed E-state index contributed by atoms with van der Waals surface area (Å²) in [4.78, 5) is 39.5. The van der Waals surface area contributed by atoms with Crippen molar-refractivity contribution in [3.63, 3.8) is 0 Å². The Labute approximate surface area is 170 Å². The molecule has 2 aromatic rings. The Morgan fingerprint density at radius 1 is 0.966 bits per heavy atom. The Hall–Kier alpha value is -3.15. The minimum Gasteiger partial charge on any atom is -0.444 e. The summed E-state index contributed by atoms with van der Waals surface area (Å²) in [5, 5.41) is 2.69. The molecule has 1 aliphatic rings. The van der Waals surface area contributed by atoms with Gasteiger partial charge in [-0.1, -0.05) is 42.5 Å². The molecule has 0 bridgehead atoms. The molecule has 0 spiro atoms. The second kappa shape index (κ2) is 9.37. The van der Waals surface area contributed by atoms with Gasteiger partial charge in [-0.05, 0) is 37.8 Å². The Kier molecular flexibility index (Phi) is 6.65. The van der Waals surface area contributed by atoms with Crippen LogP contribution < -0.4 is 5.32 Å². The molecule has 1 atom stereocenters. The molecule has 6 nitrogen and oxygen atoms in total. The number of aryl methyl sites for hydroxylation is 1. The van der Waals surface area contributed by atoms with Crippen molar-refractivity contribution in [3.05, 3.63) is 65.2 Å². The number of hydrogen-bond acceptors (Lipinski definition) is 4. The van der Waals surface area contributed by atoms with E-state index in [9.17, 15) is 14.4 Å². The highest BCUT2D eigenvalue weighted by molar-refractivity contribution is 6.02. The SMILES string of the molecule is CC(=O)Nc1c(C)cccc1C(=O)O[C@H](C(=O)N1CCCCC1)c1ccccc1. The van der Waals surface area contributed by atoms with E-state index in [4.69, 9.17) is 4.74 Å². The lowest BCUT2D eigenvalue weighted by Gasteiger charge is -2.30. The molecule has 0 radical (unpaired) electrons. The first-order valence-corrected chi connectivity index (χ1v) is 9.89. The molecule has 1 aliphatic heterocycles. The summed E-state index contributed by atoms with van der Waals surface area (Å²) in [6.45, 7) is 4.52. The minimum atomic E-state index is -1.02. The fraction of sp³-hybridized carbons (Fsp3) is 0.348. The van der Waals surface area contributed by atoms with Gasteiger partial charge in [-0.25, -0.2) is 4.79 Å². The smallest absolute Gasteiger partial charge is 0.341 e. The summed E-state index contributed by atoms with van der Waals surface area (Å²) in [5.74, 6) is -1.13. The number of para-hydroxylation sites is 1. The van der Waals surface area contributed by atoms with E-state index in [0.717, 1.165) is 24.8 Å². The van der Waals surface area contributed by atoms with Crippen molar-refractivity contribution in [2.24, 2.45) is 0 Å². The first-order valence-electron chi connectivity index (χ1n) is 9.89. The molecule has 0 aliphatic carbocycles. The lowest BCUT2D eigenvalue weighted by atomic mass is 10.0. The van der Waals surface area contributed by atoms with Gasteiger partial charge in [-0.15, -0.1) is 0 Å². The van der Waals surface area contributed by atoms with Gasteiger partial charge in [0.25, 0.3) is 5.91 Å². The molecule has 0 aromatic heterocycles. The predicted molar refractivity (Wildman–Crippen MR) is 111 cm³/mol. The Bertz CT molecular complexity index is 889. The number of esters is 1. The van der Waals surface area contributed by atoms with Gasteiger partial charge >= 0.3 is 5.97 Å². The van der Waals surface area contributed by atoms with E-state index in [1.807, 2.05) is 18.2 Å². The number of carbonyl (C=O) groups is 3. The van der Waals surface area contributed by atoms with Crippen LogP contribution in [0.4, 0.5) is 5.69 Å². The fourth-order valence-electron chi connectivity index (χ4n) is 3.52. The largest absolute Gasteiger partial charge is 0.444 e. The van der Waals surface area contributed by atoms with Crippen molar-refractivity contribution >= 4 is 23.5 Å². The molecule has 1 saturated heterocycles. The average molecular weight is 394 g/mol. The Morgan fingerprint density at radius 3 is 2.31 bits per heavy atom. The molecule has 1 fully saturated rings. The second-order valence-electron chi connectivity index (χ2n) is 7.26. The zero-order valence-electron chi connectivity index (χ0n) is 16.8. The third-order valence-electron chi connectivity index (χ3n) is 5.01. The van der Waals surface area contributed by atoms with Crippen LogP contribution in [0, 0.1) is 6.92 Å². The molecular weight excluding hydrogens is 368 g/mol. The van der Waals surface area contributed by atoms with Crippen molar-refractivity contribution in [2.75, 3.05) is 18.4 Å². The first kappa shape index (κ1) is 20.6. The molecule has 152 valence electrons. The molecule has 2 amide bonds. The van der Waals surface area contributed by atoms with E-state index in [-0.39, 0.29) is 17.4 Å². The maximum absolute atomic E-state index is 13.2. The van der Waals surface area contributed by atoms with Crippen LogP contribution in [0.1, 0.15) is 53.8 Å². The molecular formula is C23H26N2O4. The van der Waals surface area contributed by atoms with E-state index in [0.29, 0.717) is 24.3 Å². The molecule has 3 rings (SSSR count). The van der Waals surface area contributed by atoms with Crippen LogP contribution in [0.15, 0.2) is 48.5 Å². The van der Waals surface area contributed by atoms with Gasteiger partial charge in [0.1, 0.15) is 0 Å². The van der Waals surface area contributed by atoms with Crippen molar-refractivity contribution in [2.45, 2.75) is 39.2 Å². The number of nitrogens with one attached hydrogen (secondary N) is 1. The van der Waals surface area contributed by atoms with Crippen molar-refractivity contribution in [3.8, 4) is 0 Å². The zero-order valence-corrected chi connectivity index (χ0v) is 16.8. The number of amides is 2.